The fourth-order valence-electron chi connectivity index (χ4n) is 2.17. The first-order valence-corrected chi connectivity index (χ1v) is 6.23. The number of rotatable bonds is 3. The maximum Gasteiger partial charge on any atom is 0.421 e. The highest BCUT2D eigenvalue weighted by Crippen LogP contribution is 2.45. The summed E-state index contributed by atoms with van der Waals surface area (Å²) in [5.74, 6) is 0.0496. The Morgan fingerprint density at radius 2 is 1.75 bits per heavy atom. The Labute approximate surface area is 114 Å². The Hall–Kier alpha value is -1.75. The van der Waals surface area contributed by atoms with Gasteiger partial charge in [-0.25, -0.2) is 0 Å². The predicted molar refractivity (Wildman–Crippen MR) is 70.7 cm³/mol. The van der Waals surface area contributed by atoms with Crippen LogP contribution in [0.3, 0.4) is 0 Å². The second-order valence-electron chi connectivity index (χ2n) is 4.66. The van der Waals surface area contributed by atoms with E-state index in [4.69, 9.17) is 4.74 Å². The molecule has 0 aromatic heterocycles. The molecule has 2 nitrogen and oxygen atoms in total. The van der Waals surface area contributed by atoms with E-state index in [0.29, 0.717) is 10.8 Å². The molecule has 0 fully saturated rings. The van der Waals surface area contributed by atoms with Crippen molar-refractivity contribution in [2.75, 3.05) is 6.61 Å². The van der Waals surface area contributed by atoms with Crippen LogP contribution < -0.4 is 4.74 Å². The molecule has 20 heavy (non-hydrogen) atoms. The van der Waals surface area contributed by atoms with Crippen molar-refractivity contribution in [3.63, 3.8) is 0 Å². The van der Waals surface area contributed by atoms with Crippen LogP contribution in [0.2, 0.25) is 0 Å². The molecule has 1 unspecified atom stereocenters. The van der Waals surface area contributed by atoms with Crippen LogP contribution in [0.15, 0.2) is 36.4 Å². The molecule has 0 aliphatic carbocycles. The second kappa shape index (κ2) is 4.98. The lowest BCUT2D eigenvalue weighted by Crippen LogP contribution is -2.39. The number of halogens is 3. The monoisotopic (exact) mass is 284 g/mol. The first kappa shape index (κ1) is 14.7. The van der Waals surface area contributed by atoms with Gasteiger partial charge in [0.05, 0.1) is 6.61 Å². The summed E-state index contributed by atoms with van der Waals surface area (Å²) in [6.07, 6.45) is -4.79. The molecule has 0 heterocycles. The van der Waals surface area contributed by atoms with E-state index >= 15 is 0 Å². The summed E-state index contributed by atoms with van der Waals surface area (Å²) in [5, 5.41) is 11.0. The highest BCUT2D eigenvalue weighted by Gasteiger charge is 2.53. The number of ether oxygens (including phenoxy) is 1. The Morgan fingerprint density at radius 1 is 1.10 bits per heavy atom. The van der Waals surface area contributed by atoms with Crippen molar-refractivity contribution in [2.24, 2.45) is 0 Å². The Kier molecular flexibility index (Phi) is 3.65. The van der Waals surface area contributed by atoms with E-state index in [1.54, 1.807) is 37.3 Å². The fourth-order valence-corrected chi connectivity index (χ4v) is 2.17. The van der Waals surface area contributed by atoms with Gasteiger partial charge in [0.15, 0.2) is 5.60 Å². The van der Waals surface area contributed by atoms with Gasteiger partial charge in [-0.15, -0.1) is 0 Å². The van der Waals surface area contributed by atoms with Crippen molar-refractivity contribution in [1.29, 1.82) is 0 Å². The van der Waals surface area contributed by atoms with Crippen LogP contribution in [-0.2, 0) is 5.60 Å². The van der Waals surface area contributed by atoms with Gasteiger partial charge in [-0.3, -0.25) is 0 Å². The minimum atomic E-state index is -4.79. The second-order valence-corrected chi connectivity index (χ2v) is 4.66. The van der Waals surface area contributed by atoms with Crippen LogP contribution >= 0.6 is 0 Å². The minimum Gasteiger partial charge on any atom is -0.493 e. The molecule has 0 radical (unpaired) electrons. The quantitative estimate of drug-likeness (QED) is 0.922. The smallest absolute Gasteiger partial charge is 0.421 e. The molecule has 2 aromatic rings. The van der Waals surface area contributed by atoms with Gasteiger partial charge >= 0.3 is 6.18 Å². The zero-order valence-electron chi connectivity index (χ0n) is 11.2. The van der Waals surface area contributed by atoms with E-state index in [1.807, 2.05) is 0 Å². The SMILES string of the molecule is CCOc1ccc2ccccc2c1C(C)(O)C(F)(F)F. The van der Waals surface area contributed by atoms with Gasteiger partial charge in [-0.1, -0.05) is 30.3 Å². The summed E-state index contributed by atoms with van der Waals surface area (Å²) >= 11 is 0. The molecule has 2 rings (SSSR count). The largest absolute Gasteiger partial charge is 0.493 e. The van der Waals surface area contributed by atoms with Crippen LogP contribution in [0.1, 0.15) is 19.4 Å². The van der Waals surface area contributed by atoms with E-state index in [2.05, 4.69) is 0 Å². The Bertz CT molecular complexity index is 618. The summed E-state index contributed by atoms with van der Waals surface area (Å²) in [4.78, 5) is 0. The summed E-state index contributed by atoms with van der Waals surface area (Å²) in [6.45, 7) is 2.65. The van der Waals surface area contributed by atoms with Crippen molar-refractivity contribution in [3.8, 4) is 5.75 Å². The summed E-state index contributed by atoms with van der Waals surface area (Å²) < 4.78 is 44.8. The van der Waals surface area contributed by atoms with Crippen molar-refractivity contribution in [2.45, 2.75) is 25.6 Å². The molecule has 0 saturated carbocycles. The standard InChI is InChI=1S/C15H15F3O2/c1-3-20-12-9-8-10-6-4-5-7-11(10)13(12)14(2,19)15(16,17)18/h4-9,19H,3H2,1-2H3. The first-order valence-electron chi connectivity index (χ1n) is 6.23. The van der Waals surface area contributed by atoms with Crippen LogP contribution in [0.25, 0.3) is 10.8 Å². The molecule has 1 N–H and O–H groups in total. The van der Waals surface area contributed by atoms with Gasteiger partial charge in [0.2, 0.25) is 0 Å². The van der Waals surface area contributed by atoms with Crippen molar-refractivity contribution in [1.82, 2.24) is 0 Å². The van der Waals surface area contributed by atoms with Gasteiger partial charge in [0, 0.05) is 5.56 Å². The van der Waals surface area contributed by atoms with E-state index in [0.717, 1.165) is 6.92 Å². The molecule has 1 atom stereocenters. The maximum absolute atomic E-state index is 13.2. The molecular weight excluding hydrogens is 269 g/mol. The molecular formula is C15H15F3O2. The zero-order valence-corrected chi connectivity index (χ0v) is 11.2. The Balaban J connectivity index is 2.79. The average Bonchev–Trinajstić information content (AvgIpc) is 2.37. The summed E-state index contributed by atoms with van der Waals surface area (Å²) in [7, 11) is 0. The van der Waals surface area contributed by atoms with Gasteiger partial charge in [-0.05, 0) is 30.7 Å². The molecule has 0 aliphatic heterocycles. The van der Waals surface area contributed by atoms with Crippen LogP contribution in [0.5, 0.6) is 5.75 Å². The average molecular weight is 284 g/mol. The van der Waals surface area contributed by atoms with Crippen molar-refractivity contribution >= 4 is 10.8 Å². The molecule has 5 heteroatoms. The topological polar surface area (TPSA) is 29.5 Å². The summed E-state index contributed by atoms with van der Waals surface area (Å²) in [6, 6.07) is 9.74. The Morgan fingerprint density at radius 3 is 2.35 bits per heavy atom. The van der Waals surface area contributed by atoms with Gasteiger partial charge in [0.1, 0.15) is 5.75 Å². The van der Waals surface area contributed by atoms with Gasteiger partial charge in [-0.2, -0.15) is 13.2 Å². The highest BCUT2D eigenvalue weighted by atomic mass is 19.4. The molecule has 0 aliphatic rings. The van der Waals surface area contributed by atoms with E-state index in [-0.39, 0.29) is 17.9 Å². The third-order valence-electron chi connectivity index (χ3n) is 3.23. The maximum atomic E-state index is 13.2. The highest BCUT2D eigenvalue weighted by molar-refractivity contribution is 5.88. The molecule has 0 saturated heterocycles. The van der Waals surface area contributed by atoms with E-state index in [1.165, 1.54) is 6.07 Å². The van der Waals surface area contributed by atoms with Crippen molar-refractivity contribution in [3.05, 3.63) is 42.0 Å². The van der Waals surface area contributed by atoms with E-state index < -0.39 is 11.8 Å². The minimum absolute atomic E-state index is 0.0496. The number of aliphatic hydroxyl groups is 1. The number of hydrogen-bond donors (Lipinski definition) is 1. The van der Waals surface area contributed by atoms with Crippen molar-refractivity contribution < 1.29 is 23.0 Å². The lowest BCUT2D eigenvalue weighted by Gasteiger charge is -2.29. The number of alkyl halides is 3. The molecule has 0 spiro atoms. The third-order valence-corrected chi connectivity index (χ3v) is 3.23. The number of hydrogen-bond acceptors (Lipinski definition) is 2. The lowest BCUT2D eigenvalue weighted by molar-refractivity contribution is -0.258. The molecule has 2 aromatic carbocycles. The first-order chi connectivity index (χ1) is 9.29. The lowest BCUT2D eigenvalue weighted by atomic mass is 9.89. The predicted octanol–water partition coefficient (Wildman–Crippen LogP) is 4.01. The number of benzene rings is 2. The third kappa shape index (κ3) is 2.33. The number of fused-ring (bicyclic) bond motifs is 1. The molecule has 108 valence electrons. The van der Waals surface area contributed by atoms with Crippen LogP contribution in [0.4, 0.5) is 13.2 Å². The molecule has 0 bridgehead atoms. The van der Waals surface area contributed by atoms with Gasteiger partial charge < -0.3 is 9.84 Å². The van der Waals surface area contributed by atoms with Gasteiger partial charge in [0.25, 0.3) is 0 Å². The van der Waals surface area contributed by atoms with Crippen LogP contribution in [-0.4, -0.2) is 17.9 Å². The fraction of sp³-hybridized carbons (Fsp3) is 0.333. The zero-order chi connectivity index (χ0) is 15.0. The van der Waals surface area contributed by atoms with Crippen LogP contribution in [0, 0.1) is 0 Å². The summed E-state index contributed by atoms with van der Waals surface area (Å²) in [5.41, 5.74) is -3.22. The molecule has 0 amide bonds. The normalized spacial score (nSPS) is 15.1. The van der Waals surface area contributed by atoms with E-state index in [9.17, 15) is 18.3 Å².